The Balaban J connectivity index is 1.48. The molecule has 3 aromatic heterocycles. The van der Waals surface area contributed by atoms with Gasteiger partial charge in [0.25, 0.3) is 0 Å². The molecule has 0 bridgehead atoms. The van der Waals surface area contributed by atoms with Crippen LogP contribution >= 0.6 is 0 Å². The van der Waals surface area contributed by atoms with Crippen LogP contribution in [0.4, 0.5) is 0 Å². The van der Waals surface area contributed by atoms with E-state index in [2.05, 4.69) is 108 Å². The zero-order valence-electron chi connectivity index (χ0n) is 20.5. The van der Waals surface area contributed by atoms with Crippen LogP contribution in [0, 0.1) is 0 Å². The number of fused-ring (bicyclic) bond motifs is 7. The van der Waals surface area contributed by atoms with E-state index in [0.717, 1.165) is 55.1 Å². The molecular weight excluding hydrogens is 462 g/mol. The van der Waals surface area contributed by atoms with Crippen LogP contribution in [0.2, 0.25) is 0 Å². The first-order valence-electron chi connectivity index (χ1n) is 12.8. The average Bonchev–Trinajstić information content (AvgIpc) is 2.99. The van der Waals surface area contributed by atoms with E-state index >= 15 is 0 Å². The van der Waals surface area contributed by atoms with Crippen molar-refractivity contribution in [3.63, 3.8) is 0 Å². The van der Waals surface area contributed by atoms with Gasteiger partial charge in [-0.05, 0) is 34.4 Å². The van der Waals surface area contributed by atoms with Gasteiger partial charge in [0.1, 0.15) is 0 Å². The zero-order valence-corrected chi connectivity index (χ0v) is 20.5. The average molecular weight is 484 g/mol. The van der Waals surface area contributed by atoms with Gasteiger partial charge < -0.3 is 0 Å². The molecule has 0 saturated carbocycles. The van der Waals surface area contributed by atoms with Crippen molar-refractivity contribution in [1.29, 1.82) is 0 Å². The van der Waals surface area contributed by atoms with Crippen LogP contribution in [-0.4, -0.2) is 15.0 Å². The lowest BCUT2D eigenvalue weighted by Crippen LogP contribution is -1.95. The highest BCUT2D eigenvalue weighted by atomic mass is 14.7. The van der Waals surface area contributed by atoms with Crippen molar-refractivity contribution < 1.29 is 0 Å². The van der Waals surface area contributed by atoms with E-state index in [9.17, 15) is 0 Å². The van der Waals surface area contributed by atoms with Crippen LogP contribution in [0.1, 0.15) is 0 Å². The molecule has 8 aromatic rings. The van der Waals surface area contributed by atoms with E-state index in [1.165, 1.54) is 21.5 Å². The molecule has 0 atom stereocenters. The number of benzene rings is 5. The van der Waals surface area contributed by atoms with Crippen LogP contribution in [-0.2, 0) is 0 Å². The molecule has 0 N–H and O–H groups in total. The van der Waals surface area contributed by atoms with Gasteiger partial charge in [0.15, 0.2) is 0 Å². The van der Waals surface area contributed by atoms with Gasteiger partial charge in [-0.1, -0.05) is 97.1 Å². The molecule has 0 aliphatic heterocycles. The topological polar surface area (TPSA) is 38.7 Å². The van der Waals surface area contributed by atoms with Gasteiger partial charge in [-0.3, -0.25) is 9.97 Å². The summed E-state index contributed by atoms with van der Waals surface area (Å²) in [6.45, 7) is 0. The molecule has 3 heterocycles. The van der Waals surface area contributed by atoms with Gasteiger partial charge in [0, 0.05) is 50.5 Å². The molecule has 3 nitrogen and oxygen atoms in total. The molecule has 0 fully saturated rings. The molecule has 0 unspecified atom stereocenters. The Morgan fingerprint density at radius 3 is 1.95 bits per heavy atom. The van der Waals surface area contributed by atoms with Crippen LogP contribution < -0.4 is 0 Å². The van der Waals surface area contributed by atoms with Crippen LogP contribution in [0.5, 0.6) is 0 Å². The second-order valence-electron chi connectivity index (χ2n) is 9.63. The van der Waals surface area contributed by atoms with Crippen molar-refractivity contribution in [2.24, 2.45) is 0 Å². The standard InChI is InChI=1S/C35H21N3/c1-2-10-23-22(9-1)17-18-29-33(23)28-14-6-8-16-32(28)38-35(29)30-21-37-34(26-13-4-3-11-24(26)30)27-19-20-36-31-15-7-5-12-25(27)31/h1-21H. The van der Waals surface area contributed by atoms with Crippen molar-refractivity contribution in [1.82, 2.24) is 15.0 Å². The van der Waals surface area contributed by atoms with E-state index < -0.39 is 0 Å². The van der Waals surface area contributed by atoms with Gasteiger partial charge in [0.05, 0.1) is 22.4 Å². The minimum Gasteiger partial charge on any atom is -0.256 e. The molecule has 0 aliphatic rings. The highest BCUT2D eigenvalue weighted by Gasteiger charge is 2.18. The van der Waals surface area contributed by atoms with E-state index in [1.54, 1.807) is 0 Å². The van der Waals surface area contributed by atoms with Gasteiger partial charge in [0.2, 0.25) is 0 Å². The molecule has 38 heavy (non-hydrogen) atoms. The monoisotopic (exact) mass is 483 g/mol. The molecule has 0 saturated heterocycles. The maximum Gasteiger partial charge on any atom is 0.0810 e. The third-order valence-electron chi connectivity index (χ3n) is 7.54. The summed E-state index contributed by atoms with van der Waals surface area (Å²) in [5, 5.41) is 9.34. The smallest absolute Gasteiger partial charge is 0.0810 e. The first-order chi connectivity index (χ1) is 18.9. The Kier molecular flexibility index (Phi) is 4.52. The van der Waals surface area contributed by atoms with Crippen LogP contribution in [0.15, 0.2) is 128 Å². The van der Waals surface area contributed by atoms with Gasteiger partial charge in [-0.2, -0.15) is 0 Å². The van der Waals surface area contributed by atoms with E-state index in [-0.39, 0.29) is 0 Å². The molecule has 176 valence electrons. The van der Waals surface area contributed by atoms with Gasteiger partial charge in [-0.25, -0.2) is 4.98 Å². The second kappa shape index (κ2) is 8.19. The summed E-state index contributed by atoms with van der Waals surface area (Å²) in [4.78, 5) is 14.9. The van der Waals surface area contributed by atoms with Crippen molar-refractivity contribution in [3.8, 4) is 22.5 Å². The number of aromatic nitrogens is 3. The SMILES string of the molecule is c1ccc2c(c1)ccc1c(-c3cnc(-c4ccnc5ccccc45)c4ccccc34)nc3ccccc3c12. The zero-order chi connectivity index (χ0) is 25.1. The minimum absolute atomic E-state index is 0.957. The number of hydrogen-bond acceptors (Lipinski definition) is 3. The minimum atomic E-state index is 0.957. The lowest BCUT2D eigenvalue weighted by molar-refractivity contribution is 1.33. The van der Waals surface area contributed by atoms with Crippen LogP contribution in [0.3, 0.4) is 0 Å². The molecule has 0 aliphatic carbocycles. The molecule has 0 radical (unpaired) electrons. The number of hydrogen-bond donors (Lipinski definition) is 0. The first kappa shape index (κ1) is 21.0. The summed E-state index contributed by atoms with van der Waals surface area (Å²) in [7, 11) is 0. The fourth-order valence-electron chi connectivity index (χ4n) is 5.83. The van der Waals surface area contributed by atoms with E-state index in [0.29, 0.717) is 0 Å². The number of para-hydroxylation sites is 2. The Bertz CT molecular complexity index is 2180. The fraction of sp³-hybridized carbons (Fsp3) is 0. The number of nitrogens with zero attached hydrogens (tertiary/aromatic N) is 3. The first-order valence-corrected chi connectivity index (χ1v) is 12.8. The van der Waals surface area contributed by atoms with Crippen molar-refractivity contribution >= 4 is 54.1 Å². The quantitative estimate of drug-likeness (QED) is 0.230. The summed E-state index contributed by atoms with van der Waals surface area (Å²) in [6, 6.07) is 40.3. The molecule has 0 amide bonds. The number of pyridine rings is 3. The summed E-state index contributed by atoms with van der Waals surface area (Å²) < 4.78 is 0. The summed E-state index contributed by atoms with van der Waals surface area (Å²) in [5.41, 5.74) is 5.99. The van der Waals surface area contributed by atoms with Crippen molar-refractivity contribution in [2.75, 3.05) is 0 Å². The van der Waals surface area contributed by atoms with E-state index in [1.807, 2.05) is 24.5 Å². The fourth-order valence-corrected chi connectivity index (χ4v) is 5.83. The lowest BCUT2D eigenvalue weighted by Gasteiger charge is -2.15. The Labute approximate surface area is 219 Å². The summed E-state index contributed by atoms with van der Waals surface area (Å²) >= 11 is 0. The molecule has 0 spiro atoms. The normalized spacial score (nSPS) is 11.7. The highest BCUT2D eigenvalue weighted by molar-refractivity contribution is 6.23. The Hall–Kier alpha value is -5.15. The van der Waals surface area contributed by atoms with Crippen molar-refractivity contribution in [3.05, 3.63) is 128 Å². The van der Waals surface area contributed by atoms with Crippen molar-refractivity contribution in [2.45, 2.75) is 0 Å². The third-order valence-corrected chi connectivity index (χ3v) is 7.54. The number of rotatable bonds is 2. The Morgan fingerprint density at radius 2 is 1.08 bits per heavy atom. The molecule has 8 rings (SSSR count). The molecule has 5 aromatic carbocycles. The van der Waals surface area contributed by atoms with Crippen LogP contribution in [0.25, 0.3) is 76.6 Å². The predicted molar refractivity (Wildman–Crippen MR) is 158 cm³/mol. The maximum atomic E-state index is 5.23. The molecule has 3 heteroatoms. The maximum absolute atomic E-state index is 5.23. The lowest BCUT2D eigenvalue weighted by atomic mass is 9.93. The highest BCUT2D eigenvalue weighted by Crippen LogP contribution is 2.41. The van der Waals surface area contributed by atoms with Gasteiger partial charge in [-0.15, -0.1) is 0 Å². The second-order valence-corrected chi connectivity index (χ2v) is 9.63. The van der Waals surface area contributed by atoms with E-state index in [4.69, 9.17) is 9.97 Å². The summed E-state index contributed by atoms with van der Waals surface area (Å²) in [5.74, 6) is 0. The predicted octanol–water partition coefficient (Wildman–Crippen LogP) is 8.97. The summed E-state index contributed by atoms with van der Waals surface area (Å²) in [6.07, 6.45) is 3.87. The largest absolute Gasteiger partial charge is 0.256 e. The molecular formula is C35H21N3. The van der Waals surface area contributed by atoms with Gasteiger partial charge >= 0.3 is 0 Å². The Morgan fingerprint density at radius 1 is 0.395 bits per heavy atom. The third kappa shape index (κ3) is 3.06.